The van der Waals surface area contributed by atoms with Gasteiger partial charge in [-0.25, -0.2) is 5.43 Å². The van der Waals surface area contributed by atoms with Crippen LogP contribution >= 0.6 is 0 Å². The molecule has 0 aliphatic heterocycles. The molecule has 1 amide bonds. The number of amides is 1. The van der Waals surface area contributed by atoms with Gasteiger partial charge >= 0.3 is 0 Å². The third-order valence-corrected chi connectivity index (χ3v) is 3.61. The average Bonchev–Trinajstić information content (AvgIpc) is 3.29. The Morgan fingerprint density at radius 3 is 2.76 bits per heavy atom. The molecular formula is C17H16N2O2. The summed E-state index contributed by atoms with van der Waals surface area (Å²) < 4.78 is 0. The van der Waals surface area contributed by atoms with Gasteiger partial charge in [-0.05, 0) is 35.6 Å². The molecule has 0 spiro atoms. The first-order valence-corrected chi connectivity index (χ1v) is 6.91. The van der Waals surface area contributed by atoms with Crippen LogP contribution in [0.4, 0.5) is 0 Å². The van der Waals surface area contributed by atoms with Crippen LogP contribution in [0.15, 0.2) is 59.7 Å². The summed E-state index contributed by atoms with van der Waals surface area (Å²) in [6, 6.07) is 16.8. The molecule has 3 rings (SSSR count). The second-order valence-corrected chi connectivity index (χ2v) is 5.19. The standard InChI is InChI=1S/C17H16N2O2/c20-14-8-4-5-12(9-14)11-18-19-17(21)16-10-15(16)13-6-2-1-3-7-13/h1-9,11,15-16,20H,10H2,(H,19,21). The summed E-state index contributed by atoms with van der Waals surface area (Å²) >= 11 is 0. The van der Waals surface area contributed by atoms with Gasteiger partial charge in [0, 0.05) is 5.92 Å². The normalized spacial score (nSPS) is 20.4. The van der Waals surface area contributed by atoms with Gasteiger partial charge in [0.25, 0.3) is 0 Å². The van der Waals surface area contributed by atoms with Crippen molar-refractivity contribution >= 4 is 12.1 Å². The molecule has 1 saturated carbocycles. The van der Waals surface area contributed by atoms with E-state index in [0.717, 1.165) is 12.0 Å². The van der Waals surface area contributed by atoms with Crippen LogP contribution in [-0.2, 0) is 4.79 Å². The molecule has 2 aromatic carbocycles. The van der Waals surface area contributed by atoms with Crippen LogP contribution in [0.5, 0.6) is 5.75 Å². The van der Waals surface area contributed by atoms with Crippen LogP contribution in [0.1, 0.15) is 23.5 Å². The van der Waals surface area contributed by atoms with Crippen molar-refractivity contribution in [3.05, 3.63) is 65.7 Å². The average molecular weight is 280 g/mol. The molecule has 4 heteroatoms. The Balaban J connectivity index is 1.54. The Labute approximate surface area is 123 Å². The number of carbonyl (C=O) groups excluding carboxylic acids is 1. The van der Waals surface area contributed by atoms with E-state index < -0.39 is 0 Å². The number of aromatic hydroxyl groups is 1. The molecule has 106 valence electrons. The monoisotopic (exact) mass is 280 g/mol. The van der Waals surface area contributed by atoms with Gasteiger partial charge in [0.2, 0.25) is 5.91 Å². The second-order valence-electron chi connectivity index (χ2n) is 5.19. The fourth-order valence-electron chi connectivity index (χ4n) is 2.41. The number of rotatable bonds is 4. The van der Waals surface area contributed by atoms with Crippen LogP contribution < -0.4 is 5.43 Å². The fourth-order valence-corrected chi connectivity index (χ4v) is 2.41. The summed E-state index contributed by atoms with van der Waals surface area (Å²) in [6.45, 7) is 0. The number of hydrazone groups is 1. The highest BCUT2D eigenvalue weighted by atomic mass is 16.3. The van der Waals surface area contributed by atoms with E-state index in [1.165, 1.54) is 11.8 Å². The maximum absolute atomic E-state index is 12.0. The van der Waals surface area contributed by atoms with Crippen molar-refractivity contribution in [2.24, 2.45) is 11.0 Å². The van der Waals surface area contributed by atoms with Gasteiger partial charge in [0.15, 0.2) is 0 Å². The molecule has 1 aliphatic rings. The van der Waals surface area contributed by atoms with Crippen LogP contribution in [0.25, 0.3) is 0 Å². The highest BCUT2D eigenvalue weighted by Crippen LogP contribution is 2.47. The molecule has 2 aromatic rings. The summed E-state index contributed by atoms with van der Waals surface area (Å²) in [5, 5.41) is 13.3. The van der Waals surface area contributed by atoms with Gasteiger partial charge in [-0.1, -0.05) is 42.5 Å². The molecular weight excluding hydrogens is 264 g/mol. The molecule has 1 fully saturated rings. The van der Waals surface area contributed by atoms with Gasteiger partial charge in [-0.2, -0.15) is 5.10 Å². The van der Waals surface area contributed by atoms with E-state index in [-0.39, 0.29) is 17.6 Å². The summed E-state index contributed by atoms with van der Waals surface area (Å²) in [4.78, 5) is 12.0. The van der Waals surface area contributed by atoms with Crippen molar-refractivity contribution in [3.8, 4) is 5.75 Å². The highest BCUT2D eigenvalue weighted by molar-refractivity contribution is 5.85. The highest BCUT2D eigenvalue weighted by Gasteiger charge is 2.43. The number of phenols is 1. The van der Waals surface area contributed by atoms with Crippen LogP contribution in [0.2, 0.25) is 0 Å². The number of nitrogens with one attached hydrogen (secondary N) is 1. The predicted octanol–water partition coefficient (Wildman–Crippen LogP) is 2.65. The first kappa shape index (κ1) is 13.4. The van der Waals surface area contributed by atoms with Crippen molar-refractivity contribution in [1.29, 1.82) is 0 Å². The van der Waals surface area contributed by atoms with E-state index in [2.05, 4.69) is 10.5 Å². The fraction of sp³-hybridized carbons (Fsp3) is 0.176. The first-order valence-electron chi connectivity index (χ1n) is 6.91. The lowest BCUT2D eigenvalue weighted by atomic mass is 10.1. The van der Waals surface area contributed by atoms with Crippen LogP contribution in [0.3, 0.4) is 0 Å². The zero-order valence-electron chi connectivity index (χ0n) is 11.4. The lowest BCUT2D eigenvalue weighted by Gasteiger charge is -2.00. The molecule has 0 aromatic heterocycles. The third-order valence-electron chi connectivity index (χ3n) is 3.61. The first-order chi connectivity index (χ1) is 10.2. The Bertz CT molecular complexity index is 668. The summed E-state index contributed by atoms with van der Waals surface area (Å²) in [6.07, 6.45) is 2.40. The number of hydrogen-bond donors (Lipinski definition) is 2. The molecule has 2 unspecified atom stereocenters. The summed E-state index contributed by atoms with van der Waals surface area (Å²) in [5.41, 5.74) is 4.51. The number of benzene rings is 2. The molecule has 0 saturated heterocycles. The largest absolute Gasteiger partial charge is 0.508 e. The molecule has 2 N–H and O–H groups in total. The molecule has 0 heterocycles. The number of phenolic OH excluding ortho intramolecular Hbond substituents is 1. The molecule has 1 aliphatic carbocycles. The maximum atomic E-state index is 12.0. The minimum Gasteiger partial charge on any atom is -0.508 e. The molecule has 0 radical (unpaired) electrons. The number of carbonyl (C=O) groups is 1. The Hall–Kier alpha value is -2.62. The summed E-state index contributed by atoms with van der Waals surface area (Å²) in [5.74, 6) is 0.438. The van der Waals surface area contributed by atoms with Crippen molar-refractivity contribution in [1.82, 2.24) is 5.43 Å². The summed E-state index contributed by atoms with van der Waals surface area (Å²) in [7, 11) is 0. The number of hydrogen-bond acceptors (Lipinski definition) is 3. The van der Waals surface area contributed by atoms with E-state index in [1.807, 2.05) is 30.3 Å². The van der Waals surface area contributed by atoms with Gasteiger partial charge in [0.05, 0.1) is 6.21 Å². The van der Waals surface area contributed by atoms with E-state index >= 15 is 0 Å². The Kier molecular flexibility index (Phi) is 3.69. The van der Waals surface area contributed by atoms with E-state index in [4.69, 9.17) is 0 Å². The van der Waals surface area contributed by atoms with Crippen molar-refractivity contribution < 1.29 is 9.90 Å². The lowest BCUT2D eigenvalue weighted by molar-refractivity contribution is -0.122. The van der Waals surface area contributed by atoms with Gasteiger partial charge < -0.3 is 5.11 Å². The van der Waals surface area contributed by atoms with Gasteiger partial charge in [-0.3, -0.25) is 4.79 Å². The SMILES string of the molecule is O=C(NN=Cc1cccc(O)c1)C1CC1c1ccccc1. The molecule has 4 nitrogen and oxygen atoms in total. The van der Waals surface area contributed by atoms with Crippen molar-refractivity contribution in [3.63, 3.8) is 0 Å². The quantitative estimate of drug-likeness (QED) is 0.668. The second kappa shape index (κ2) is 5.79. The van der Waals surface area contributed by atoms with Crippen molar-refractivity contribution in [2.75, 3.05) is 0 Å². The van der Waals surface area contributed by atoms with E-state index in [0.29, 0.717) is 5.92 Å². The number of nitrogens with zero attached hydrogens (tertiary/aromatic N) is 1. The van der Waals surface area contributed by atoms with Gasteiger partial charge in [-0.15, -0.1) is 0 Å². The van der Waals surface area contributed by atoms with Crippen LogP contribution in [0, 0.1) is 5.92 Å². The molecule has 2 atom stereocenters. The smallest absolute Gasteiger partial charge is 0.243 e. The van der Waals surface area contributed by atoms with Gasteiger partial charge in [0.1, 0.15) is 5.75 Å². The molecule has 21 heavy (non-hydrogen) atoms. The zero-order chi connectivity index (χ0) is 14.7. The van der Waals surface area contributed by atoms with Crippen molar-refractivity contribution in [2.45, 2.75) is 12.3 Å². The minimum absolute atomic E-state index is 0.00808. The third kappa shape index (κ3) is 3.28. The topological polar surface area (TPSA) is 61.7 Å². The van der Waals surface area contributed by atoms with Crippen LogP contribution in [-0.4, -0.2) is 17.2 Å². The molecule has 0 bridgehead atoms. The Morgan fingerprint density at radius 1 is 1.19 bits per heavy atom. The zero-order valence-corrected chi connectivity index (χ0v) is 11.4. The van der Waals surface area contributed by atoms with E-state index in [1.54, 1.807) is 24.3 Å². The predicted molar refractivity (Wildman–Crippen MR) is 81.1 cm³/mol. The van der Waals surface area contributed by atoms with E-state index in [9.17, 15) is 9.90 Å². The lowest BCUT2D eigenvalue weighted by Crippen LogP contribution is -2.20. The maximum Gasteiger partial charge on any atom is 0.243 e. The minimum atomic E-state index is -0.0553. The Morgan fingerprint density at radius 2 is 2.00 bits per heavy atom.